The number of aliphatic imine (C=N–C) groups is 1. The minimum Gasteiger partial charge on any atom is -0.352 e. The highest BCUT2D eigenvalue weighted by Crippen LogP contribution is 2.07. The molecule has 0 aromatic heterocycles. The lowest BCUT2D eigenvalue weighted by Gasteiger charge is -2.21. The first-order valence-corrected chi connectivity index (χ1v) is 10.1. The lowest BCUT2D eigenvalue weighted by Crippen LogP contribution is -2.48. The molecule has 0 saturated carbocycles. The van der Waals surface area contributed by atoms with E-state index in [1.54, 1.807) is 19.2 Å². The van der Waals surface area contributed by atoms with E-state index in [9.17, 15) is 13.2 Å². The Morgan fingerprint density at radius 3 is 2.08 bits per heavy atom. The molecule has 148 valence electrons. The monoisotopic (exact) mass is 496 g/mol. The second kappa shape index (κ2) is 10.7. The van der Waals surface area contributed by atoms with Crippen molar-refractivity contribution in [3.63, 3.8) is 0 Å². The van der Waals surface area contributed by atoms with Crippen molar-refractivity contribution >= 4 is 45.7 Å². The van der Waals surface area contributed by atoms with Gasteiger partial charge in [0.25, 0.3) is 0 Å². The third kappa shape index (κ3) is 11.3. The average Bonchev–Trinajstić information content (AvgIpc) is 2.45. The first-order chi connectivity index (χ1) is 11.5. The summed E-state index contributed by atoms with van der Waals surface area (Å²) in [5.74, 6) is 0.442. The van der Waals surface area contributed by atoms with E-state index in [1.807, 2.05) is 32.9 Å². The molecule has 0 unspecified atom stereocenters. The number of hydrogen-bond acceptors (Lipinski definition) is 4. The fourth-order valence-electron chi connectivity index (χ4n) is 2.09. The molecule has 1 aromatic carbocycles. The van der Waals surface area contributed by atoms with Crippen LogP contribution in [-0.4, -0.2) is 45.7 Å². The maximum Gasteiger partial charge on any atom is 0.239 e. The molecule has 0 bridgehead atoms. The van der Waals surface area contributed by atoms with Gasteiger partial charge in [0.05, 0.1) is 12.3 Å². The van der Waals surface area contributed by atoms with Crippen LogP contribution in [0.4, 0.5) is 0 Å². The summed E-state index contributed by atoms with van der Waals surface area (Å²) in [5.41, 5.74) is 1.47. The fourth-order valence-corrected chi connectivity index (χ4v) is 2.89. The molecule has 1 aromatic rings. The van der Waals surface area contributed by atoms with Crippen molar-refractivity contribution in [2.75, 3.05) is 19.8 Å². The van der Waals surface area contributed by atoms with Crippen molar-refractivity contribution in [1.82, 2.24) is 16.0 Å². The van der Waals surface area contributed by atoms with E-state index in [0.29, 0.717) is 12.5 Å². The molecule has 3 N–H and O–H groups in total. The van der Waals surface area contributed by atoms with Crippen LogP contribution in [0, 0.1) is 0 Å². The van der Waals surface area contributed by atoms with Crippen LogP contribution in [0.3, 0.4) is 0 Å². The SMILES string of the molecule is CN=C(NCC(=O)NC(C)(C)C)NCc1ccc(CS(C)(=O)=O)cc1.I. The topological polar surface area (TPSA) is 99.7 Å². The molecular formula is C17H29IN4O3S. The van der Waals surface area contributed by atoms with Crippen molar-refractivity contribution in [2.45, 2.75) is 38.6 Å². The standard InChI is InChI=1S/C17H28N4O3S.HI/c1-17(2,3)21-15(22)11-20-16(18-4)19-10-13-6-8-14(9-7-13)12-25(5,23)24;/h6-9H,10-12H2,1-5H3,(H,21,22)(H2,18,19,20);1H. The summed E-state index contributed by atoms with van der Waals surface area (Å²) in [4.78, 5) is 15.9. The van der Waals surface area contributed by atoms with E-state index in [4.69, 9.17) is 0 Å². The lowest BCUT2D eigenvalue weighted by molar-refractivity contribution is -0.121. The van der Waals surface area contributed by atoms with Gasteiger partial charge in [-0.1, -0.05) is 24.3 Å². The van der Waals surface area contributed by atoms with Gasteiger partial charge in [-0.2, -0.15) is 0 Å². The molecule has 1 amide bonds. The van der Waals surface area contributed by atoms with Crippen LogP contribution < -0.4 is 16.0 Å². The summed E-state index contributed by atoms with van der Waals surface area (Å²) < 4.78 is 22.6. The molecule has 0 radical (unpaired) electrons. The van der Waals surface area contributed by atoms with Gasteiger partial charge in [0.2, 0.25) is 5.91 Å². The number of nitrogens with one attached hydrogen (secondary N) is 3. The molecule has 0 spiro atoms. The van der Waals surface area contributed by atoms with Crippen LogP contribution >= 0.6 is 24.0 Å². The molecule has 0 heterocycles. The van der Waals surface area contributed by atoms with Gasteiger partial charge in [0.15, 0.2) is 15.8 Å². The molecule has 26 heavy (non-hydrogen) atoms. The number of nitrogens with zero attached hydrogens (tertiary/aromatic N) is 1. The van der Waals surface area contributed by atoms with E-state index in [2.05, 4.69) is 20.9 Å². The third-order valence-corrected chi connectivity index (χ3v) is 3.92. The molecule has 0 atom stereocenters. The first-order valence-electron chi connectivity index (χ1n) is 7.99. The maximum absolute atomic E-state index is 11.8. The predicted molar refractivity (Wildman–Crippen MR) is 117 cm³/mol. The van der Waals surface area contributed by atoms with Gasteiger partial charge in [-0.05, 0) is 31.9 Å². The van der Waals surface area contributed by atoms with E-state index < -0.39 is 9.84 Å². The first kappa shape index (κ1) is 24.6. The number of amides is 1. The number of halogens is 1. The number of rotatable bonds is 6. The smallest absolute Gasteiger partial charge is 0.239 e. The Morgan fingerprint density at radius 1 is 1.08 bits per heavy atom. The summed E-state index contributed by atoms with van der Waals surface area (Å²) in [6, 6.07) is 7.33. The van der Waals surface area contributed by atoms with Gasteiger partial charge in [-0.3, -0.25) is 9.79 Å². The number of sulfone groups is 1. The molecule has 0 fully saturated rings. The molecule has 1 rings (SSSR count). The molecule has 0 aliphatic heterocycles. The average molecular weight is 496 g/mol. The number of guanidine groups is 1. The van der Waals surface area contributed by atoms with Crippen LogP contribution in [0.1, 0.15) is 31.9 Å². The van der Waals surface area contributed by atoms with E-state index in [1.165, 1.54) is 6.26 Å². The van der Waals surface area contributed by atoms with Crippen LogP contribution in [0.5, 0.6) is 0 Å². The Hall–Kier alpha value is -1.36. The van der Waals surface area contributed by atoms with Crippen LogP contribution in [0.2, 0.25) is 0 Å². The van der Waals surface area contributed by atoms with Gasteiger partial charge >= 0.3 is 0 Å². The van der Waals surface area contributed by atoms with Crippen LogP contribution in [-0.2, 0) is 26.9 Å². The Kier molecular flexibility index (Phi) is 10.1. The highest BCUT2D eigenvalue weighted by molar-refractivity contribution is 14.0. The zero-order chi connectivity index (χ0) is 19.1. The largest absolute Gasteiger partial charge is 0.352 e. The normalized spacial score (nSPS) is 12.1. The maximum atomic E-state index is 11.8. The molecular weight excluding hydrogens is 467 g/mol. The van der Waals surface area contributed by atoms with Crippen molar-refractivity contribution in [1.29, 1.82) is 0 Å². The van der Waals surface area contributed by atoms with Gasteiger partial charge in [-0.25, -0.2) is 8.42 Å². The number of hydrogen-bond donors (Lipinski definition) is 3. The zero-order valence-corrected chi connectivity index (χ0v) is 19.1. The van der Waals surface area contributed by atoms with Crippen molar-refractivity contribution in [3.05, 3.63) is 35.4 Å². The molecule has 0 aliphatic carbocycles. The Morgan fingerprint density at radius 2 is 1.62 bits per heavy atom. The van der Waals surface area contributed by atoms with E-state index >= 15 is 0 Å². The Balaban J connectivity index is 0.00000625. The number of benzene rings is 1. The quantitative estimate of drug-likeness (QED) is 0.315. The second-order valence-corrected chi connectivity index (χ2v) is 9.10. The van der Waals surface area contributed by atoms with Crippen LogP contribution in [0.25, 0.3) is 0 Å². The van der Waals surface area contributed by atoms with Crippen LogP contribution in [0.15, 0.2) is 29.3 Å². The predicted octanol–water partition coefficient (Wildman–Crippen LogP) is 1.43. The van der Waals surface area contributed by atoms with Gasteiger partial charge in [0, 0.05) is 25.4 Å². The molecule has 0 saturated heterocycles. The van der Waals surface area contributed by atoms with Gasteiger partial charge in [0.1, 0.15) is 0 Å². The summed E-state index contributed by atoms with van der Waals surface area (Å²) >= 11 is 0. The summed E-state index contributed by atoms with van der Waals surface area (Å²) in [7, 11) is -1.40. The lowest BCUT2D eigenvalue weighted by atomic mass is 10.1. The van der Waals surface area contributed by atoms with E-state index in [-0.39, 0.29) is 47.7 Å². The molecule has 9 heteroatoms. The van der Waals surface area contributed by atoms with Gasteiger partial charge < -0.3 is 16.0 Å². The van der Waals surface area contributed by atoms with Gasteiger partial charge in [-0.15, -0.1) is 24.0 Å². The fraction of sp³-hybridized carbons (Fsp3) is 0.529. The summed E-state index contributed by atoms with van der Waals surface area (Å²) in [5, 5.41) is 8.93. The van der Waals surface area contributed by atoms with Crippen molar-refractivity contribution < 1.29 is 13.2 Å². The van der Waals surface area contributed by atoms with E-state index in [0.717, 1.165) is 11.1 Å². The highest BCUT2D eigenvalue weighted by atomic mass is 127. The minimum atomic E-state index is -3.03. The minimum absolute atomic E-state index is 0. The summed E-state index contributed by atoms with van der Waals surface area (Å²) in [6.07, 6.45) is 1.22. The zero-order valence-electron chi connectivity index (χ0n) is 15.9. The third-order valence-electron chi connectivity index (χ3n) is 3.07. The number of carbonyl (C=O) groups excluding carboxylic acids is 1. The van der Waals surface area contributed by atoms with Crippen molar-refractivity contribution in [2.24, 2.45) is 4.99 Å². The Labute approximate surface area is 173 Å². The second-order valence-electron chi connectivity index (χ2n) is 6.96. The number of carbonyl (C=O) groups is 1. The molecule has 0 aliphatic rings. The summed E-state index contributed by atoms with van der Waals surface area (Å²) in [6.45, 7) is 6.41. The highest BCUT2D eigenvalue weighted by Gasteiger charge is 2.13. The molecule has 7 nitrogen and oxygen atoms in total. The Bertz CT molecular complexity index is 711. The van der Waals surface area contributed by atoms with Crippen molar-refractivity contribution in [3.8, 4) is 0 Å².